The highest BCUT2D eigenvalue weighted by Crippen LogP contribution is 2.30. The fourth-order valence-electron chi connectivity index (χ4n) is 4.31. The van der Waals surface area contributed by atoms with E-state index >= 15 is 0 Å². The molecule has 0 radical (unpaired) electrons. The summed E-state index contributed by atoms with van der Waals surface area (Å²) >= 11 is 1.60. The summed E-state index contributed by atoms with van der Waals surface area (Å²) in [4.78, 5) is 32.5. The van der Waals surface area contributed by atoms with Gasteiger partial charge in [0.2, 0.25) is 11.8 Å². The van der Waals surface area contributed by atoms with Gasteiger partial charge in [-0.2, -0.15) is 0 Å². The quantitative estimate of drug-likeness (QED) is 0.732. The summed E-state index contributed by atoms with van der Waals surface area (Å²) in [5.41, 5.74) is 2.68. The molecule has 1 aliphatic carbocycles. The zero-order chi connectivity index (χ0) is 19.1. The number of carbonyl (C=O) groups excluding carboxylic acids is 2. The summed E-state index contributed by atoms with van der Waals surface area (Å²) in [6, 6.07) is 8.06. The van der Waals surface area contributed by atoms with Crippen molar-refractivity contribution in [2.75, 3.05) is 11.9 Å². The molecule has 5 rings (SSSR count). The maximum Gasteiger partial charge on any atom is 0.229 e. The van der Waals surface area contributed by atoms with Crippen LogP contribution in [0.1, 0.15) is 32.1 Å². The zero-order valence-corrected chi connectivity index (χ0v) is 16.3. The number of rotatable bonds is 4. The van der Waals surface area contributed by atoms with E-state index in [4.69, 9.17) is 0 Å². The van der Waals surface area contributed by atoms with Gasteiger partial charge in [-0.05, 0) is 25.0 Å². The molecule has 2 fully saturated rings. The van der Waals surface area contributed by atoms with Crippen molar-refractivity contribution >= 4 is 33.8 Å². The van der Waals surface area contributed by atoms with Crippen molar-refractivity contribution in [3.8, 4) is 11.3 Å². The minimum Gasteiger partial charge on any atom is -0.339 e. The first-order valence-corrected chi connectivity index (χ1v) is 10.7. The second-order valence-corrected chi connectivity index (χ2v) is 8.54. The van der Waals surface area contributed by atoms with Crippen molar-refractivity contribution in [3.63, 3.8) is 0 Å². The Morgan fingerprint density at radius 2 is 1.96 bits per heavy atom. The number of amides is 2. The van der Waals surface area contributed by atoms with Crippen LogP contribution in [0.5, 0.6) is 0 Å². The average molecular weight is 395 g/mol. The molecular weight excluding hydrogens is 372 g/mol. The predicted molar refractivity (Wildman–Crippen MR) is 109 cm³/mol. The molecule has 3 heterocycles. The van der Waals surface area contributed by atoms with Gasteiger partial charge in [-0.25, -0.2) is 4.98 Å². The lowest BCUT2D eigenvalue weighted by Gasteiger charge is -2.23. The second kappa shape index (κ2) is 7.05. The molecule has 2 amide bonds. The second-order valence-electron chi connectivity index (χ2n) is 7.67. The van der Waals surface area contributed by atoms with E-state index in [2.05, 4.69) is 10.3 Å². The van der Waals surface area contributed by atoms with E-state index in [0.29, 0.717) is 19.0 Å². The molecule has 6 nitrogen and oxygen atoms in total. The number of imidazole rings is 1. The van der Waals surface area contributed by atoms with Crippen LogP contribution in [0.4, 0.5) is 5.69 Å². The van der Waals surface area contributed by atoms with E-state index in [1.54, 1.807) is 11.3 Å². The number of thiazole rings is 1. The number of likely N-dealkylation sites (tertiary alicyclic amines) is 1. The van der Waals surface area contributed by atoms with Gasteiger partial charge in [0.1, 0.15) is 0 Å². The zero-order valence-electron chi connectivity index (χ0n) is 15.5. The Balaban J connectivity index is 1.24. The lowest BCUT2D eigenvalue weighted by atomic mass is 10.1. The normalized spacial score (nSPS) is 20.4. The lowest BCUT2D eigenvalue weighted by Crippen LogP contribution is -2.35. The van der Waals surface area contributed by atoms with E-state index < -0.39 is 0 Å². The van der Waals surface area contributed by atoms with Crippen LogP contribution in [0.25, 0.3) is 16.2 Å². The molecular formula is C21H22N4O2S. The topological polar surface area (TPSA) is 66.7 Å². The third kappa shape index (κ3) is 3.20. The Morgan fingerprint density at radius 1 is 1.18 bits per heavy atom. The first-order chi connectivity index (χ1) is 13.7. The number of carbonyl (C=O) groups is 2. The van der Waals surface area contributed by atoms with Crippen molar-refractivity contribution in [1.29, 1.82) is 0 Å². The number of nitrogens with zero attached hydrogens (tertiary/aromatic N) is 3. The highest BCUT2D eigenvalue weighted by atomic mass is 32.1. The number of aromatic nitrogens is 2. The summed E-state index contributed by atoms with van der Waals surface area (Å²) in [5.74, 6) is -0.195. The van der Waals surface area contributed by atoms with Gasteiger partial charge in [-0.15, -0.1) is 11.3 Å². The molecule has 1 N–H and O–H groups in total. The highest BCUT2D eigenvalue weighted by molar-refractivity contribution is 7.15. The Morgan fingerprint density at radius 3 is 2.71 bits per heavy atom. The molecule has 2 aromatic heterocycles. The molecule has 1 aromatic carbocycles. The van der Waals surface area contributed by atoms with Gasteiger partial charge < -0.3 is 10.2 Å². The first kappa shape index (κ1) is 17.4. The molecule has 1 atom stereocenters. The van der Waals surface area contributed by atoms with E-state index in [9.17, 15) is 9.59 Å². The Hall–Kier alpha value is -2.67. The third-order valence-corrected chi connectivity index (χ3v) is 6.61. The summed E-state index contributed by atoms with van der Waals surface area (Å²) in [5, 5.41) is 4.98. The SMILES string of the molecule is O=C(Nc1ccc(-c2cn3ccsc3n2)cc1)[C@@H]1CC(=O)N(C2CCCC2)C1. The summed E-state index contributed by atoms with van der Waals surface area (Å²) < 4.78 is 2.00. The summed E-state index contributed by atoms with van der Waals surface area (Å²) in [6.45, 7) is 0.554. The number of hydrogen-bond donors (Lipinski definition) is 1. The Labute approximate surface area is 167 Å². The molecule has 0 bridgehead atoms. The van der Waals surface area contributed by atoms with Crippen LogP contribution in [0.2, 0.25) is 0 Å². The van der Waals surface area contributed by atoms with E-state index in [-0.39, 0.29) is 17.7 Å². The van der Waals surface area contributed by atoms with Crippen molar-refractivity contribution in [2.45, 2.75) is 38.1 Å². The largest absolute Gasteiger partial charge is 0.339 e. The minimum absolute atomic E-state index is 0.0656. The van der Waals surface area contributed by atoms with Gasteiger partial charge in [0.25, 0.3) is 0 Å². The summed E-state index contributed by atoms with van der Waals surface area (Å²) in [7, 11) is 0. The van der Waals surface area contributed by atoms with Gasteiger partial charge in [-0.3, -0.25) is 14.0 Å². The molecule has 3 aromatic rings. The van der Waals surface area contributed by atoms with E-state index in [0.717, 1.165) is 34.7 Å². The minimum atomic E-state index is -0.257. The molecule has 1 saturated heterocycles. The maximum absolute atomic E-state index is 12.7. The molecule has 1 aliphatic heterocycles. The lowest BCUT2D eigenvalue weighted by molar-refractivity contribution is -0.129. The predicted octanol–water partition coefficient (Wildman–Crippen LogP) is 3.79. The molecule has 28 heavy (non-hydrogen) atoms. The number of anilines is 1. The van der Waals surface area contributed by atoms with Gasteiger partial charge in [0.05, 0.1) is 11.6 Å². The van der Waals surface area contributed by atoms with Gasteiger partial charge in [0, 0.05) is 48.0 Å². The maximum atomic E-state index is 12.7. The average Bonchev–Trinajstić information content (AvgIpc) is 3.45. The van der Waals surface area contributed by atoms with Crippen LogP contribution in [0.3, 0.4) is 0 Å². The molecule has 144 valence electrons. The molecule has 1 saturated carbocycles. The molecule has 2 aliphatic rings. The van der Waals surface area contributed by atoms with Crippen molar-refractivity contribution < 1.29 is 9.59 Å². The van der Waals surface area contributed by atoms with Crippen LogP contribution in [0, 0.1) is 5.92 Å². The Kier molecular flexibility index (Phi) is 4.39. The van der Waals surface area contributed by atoms with Crippen LogP contribution in [0.15, 0.2) is 42.0 Å². The fraction of sp³-hybridized carbons (Fsp3) is 0.381. The molecule has 0 unspecified atom stereocenters. The third-order valence-electron chi connectivity index (χ3n) is 5.84. The van der Waals surface area contributed by atoms with E-state index in [1.807, 2.05) is 51.3 Å². The fourth-order valence-corrected chi connectivity index (χ4v) is 5.01. The van der Waals surface area contributed by atoms with Crippen molar-refractivity contribution in [1.82, 2.24) is 14.3 Å². The standard InChI is InChI=1S/C21H22N4O2S/c26-19-11-15(12-25(19)17-3-1-2-4-17)20(27)22-16-7-5-14(6-8-16)18-13-24-9-10-28-21(24)23-18/h5-10,13,15,17H,1-4,11-12H2,(H,22,27)/t15-/m1/s1. The van der Waals surface area contributed by atoms with Crippen molar-refractivity contribution in [3.05, 3.63) is 42.0 Å². The van der Waals surface area contributed by atoms with Gasteiger partial charge >= 0.3 is 0 Å². The van der Waals surface area contributed by atoms with Crippen LogP contribution in [-0.2, 0) is 9.59 Å². The monoisotopic (exact) mass is 394 g/mol. The van der Waals surface area contributed by atoms with Crippen LogP contribution < -0.4 is 5.32 Å². The number of fused-ring (bicyclic) bond motifs is 1. The molecule has 0 spiro atoms. The van der Waals surface area contributed by atoms with E-state index in [1.165, 1.54) is 12.8 Å². The summed E-state index contributed by atoms with van der Waals surface area (Å²) in [6.07, 6.45) is 8.84. The first-order valence-electron chi connectivity index (χ1n) is 9.80. The van der Waals surface area contributed by atoms with Gasteiger partial charge in [0.15, 0.2) is 4.96 Å². The van der Waals surface area contributed by atoms with Crippen LogP contribution in [-0.4, -0.2) is 38.7 Å². The van der Waals surface area contributed by atoms with Crippen molar-refractivity contribution in [2.24, 2.45) is 5.92 Å². The smallest absolute Gasteiger partial charge is 0.229 e. The number of benzene rings is 1. The van der Waals surface area contributed by atoms with Gasteiger partial charge in [-0.1, -0.05) is 25.0 Å². The Bertz CT molecular complexity index is 988. The molecule has 7 heteroatoms. The highest BCUT2D eigenvalue weighted by Gasteiger charge is 2.38. The number of hydrogen-bond acceptors (Lipinski definition) is 4. The van der Waals surface area contributed by atoms with Crippen LogP contribution >= 0.6 is 11.3 Å². The number of nitrogens with one attached hydrogen (secondary N) is 1.